The minimum Gasteiger partial charge on any atom is -0.353 e. The number of anilines is 1. The highest BCUT2D eigenvalue weighted by Crippen LogP contribution is 2.43. The maximum Gasteiger partial charge on any atom is 0.247 e. The predicted octanol–water partition coefficient (Wildman–Crippen LogP) is 8.91. The first kappa shape index (κ1) is 29.8. The van der Waals surface area contributed by atoms with Gasteiger partial charge in [0.2, 0.25) is 5.91 Å². The summed E-state index contributed by atoms with van der Waals surface area (Å²) in [6.07, 6.45) is 3.03. The number of carbonyl (C=O) groups excluding carboxylic acids is 1. The molecule has 0 aliphatic heterocycles. The maximum absolute atomic E-state index is 12.1. The molecule has 0 aliphatic carbocycles. The number of carbonyl (C=O) groups is 1. The topological polar surface area (TPSA) is 88.5 Å². The van der Waals surface area contributed by atoms with E-state index in [0.717, 1.165) is 44.4 Å². The van der Waals surface area contributed by atoms with Crippen LogP contribution in [0, 0.1) is 6.92 Å². The Morgan fingerprint density at radius 1 is 0.796 bits per heavy atom. The van der Waals surface area contributed by atoms with Crippen molar-refractivity contribution in [2.24, 2.45) is 0 Å². The van der Waals surface area contributed by atoms with Crippen LogP contribution in [-0.4, -0.2) is 30.6 Å². The summed E-state index contributed by atoms with van der Waals surface area (Å²) in [5, 5.41) is 9.40. The molecule has 2 N–H and O–H groups in total. The molecule has 0 saturated carbocycles. The average molecular weight is 637 g/mol. The van der Waals surface area contributed by atoms with Crippen molar-refractivity contribution in [3.63, 3.8) is 0 Å². The number of H-pyrrole nitrogens is 1. The van der Waals surface area contributed by atoms with Gasteiger partial charge in [-0.25, -0.2) is 14.6 Å². The molecule has 0 atom stereocenters. The second-order valence-corrected chi connectivity index (χ2v) is 12.0. The molecule has 3 aromatic heterocycles. The lowest BCUT2D eigenvalue weighted by molar-refractivity contribution is -0.111. The molecule has 0 saturated heterocycles. The molecule has 0 radical (unpaired) electrons. The Bertz CT molecular complexity index is 2370. The third kappa shape index (κ3) is 5.18. The van der Waals surface area contributed by atoms with Gasteiger partial charge >= 0.3 is 0 Å². The number of benzene rings is 5. The Balaban J connectivity index is 1.45. The molecule has 7 nitrogen and oxygen atoms in total. The van der Waals surface area contributed by atoms with E-state index < -0.39 is 5.54 Å². The minimum absolute atomic E-state index is 0.282. The lowest BCUT2D eigenvalue weighted by atomic mass is 9.77. The monoisotopic (exact) mass is 636 g/mol. The molecule has 0 aliphatic rings. The first-order chi connectivity index (χ1) is 24.0. The molecule has 0 bridgehead atoms. The fraction of sp³-hybridized carbons (Fsp3) is 0.0476. The van der Waals surface area contributed by atoms with Crippen LogP contribution in [0.5, 0.6) is 0 Å². The number of nitrogens with zero attached hydrogens (tertiary/aromatic N) is 4. The van der Waals surface area contributed by atoms with E-state index in [2.05, 4.69) is 121 Å². The van der Waals surface area contributed by atoms with Gasteiger partial charge in [0.1, 0.15) is 16.7 Å². The van der Waals surface area contributed by atoms with E-state index in [0.29, 0.717) is 28.2 Å². The van der Waals surface area contributed by atoms with Gasteiger partial charge in [-0.1, -0.05) is 122 Å². The summed E-state index contributed by atoms with van der Waals surface area (Å²) in [6.45, 7) is 5.66. The standard InChI is InChI=1S/C42H32N6O/c1-3-38(49)44-34-21-13-14-29(25-34)37-27-43-41-40(46-37)39(36-26-30-23-22-28(2)24-35(30)45-36)47-48(41)42(31-15-7-4-8-16-31,32-17-9-5-10-18-32)33-19-11-6-12-20-33/h3-27,45H,1H2,2H3,(H,44,49). The number of hydrogen-bond acceptors (Lipinski definition) is 4. The number of nitrogens with one attached hydrogen (secondary N) is 2. The van der Waals surface area contributed by atoms with Gasteiger partial charge in [-0.2, -0.15) is 5.10 Å². The van der Waals surface area contributed by atoms with Crippen molar-refractivity contribution in [1.29, 1.82) is 0 Å². The fourth-order valence-corrected chi connectivity index (χ4v) is 6.67. The first-order valence-corrected chi connectivity index (χ1v) is 16.1. The lowest BCUT2D eigenvalue weighted by Gasteiger charge is -2.36. The van der Waals surface area contributed by atoms with E-state index in [-0.39, 0.29) is 5.91 Å². The summed E-state index contributed by atoms with van der Waals surface area (Å²) in [5.74, 6) is -0.282. The molecule has 8 rings (SSSR count). The highest BCUT2D eigenvalue weighted by atomic mass is 16.1. The second kappa shape index (κ2) is 12.2. The van der Waals surface area contributed by atoms with Crippen LogP contribution in [0.4, 0.5) is 5.69 Å². The van der Waals surface area contributed by atoms with Crippen LogP contribution in [-0.2, 0) is 10.3 Å². The third-order valence-electron chi connectivity index (χ3n) is 8.91. The van der Waals surface area contributed by atoms with Crippen molar-refractivity contribution in [2.45, 2.75) is 12.5 Å². The first-order valence-electron chi connectivity index (χ1n) is 16.1. The summed E-state index contributed by atoms with van der Waals surface area (Å²) in [6, 6.07) is 47.3. The zero-order valence-electron chi connectivity index (χ0n) is 26.8. The molecule has 7 heteroatoms. The van der Waals surface area contributed by atoms with Gasteiger partial charge in [-0.05, 0) is 59.5 Å². The number of hydrogen-bond donors (Lipinski definition) is 2. The molecule has 49 heavy (non-hydrogen) atoms. The zero-order chi connectivity index (χ0) is 33.4. The molecular weight excluding hydrogens is 605 g/mol. The molecule has 0 spiro atoms. The lowest BCUT2D eigenvalue weighted by Crippen LogP contribution is -2.38. The van der Waals surface area contributed by atoms with Gasteiger partial charge < -0.3 is 10.3 Å². The van der Waals surface area contributed by atoms with Crippen LogP contribution in [0.1, 0.15) is 22.3 Å². The Morgan fingerprint density at radius 3 is 2.08 bits per heavy atom. The van der Waals surface area contributed by atoms with E-state index in [9.17, 15) is 4.79 Å². The van der Waals surface area contributed by atoms with Gasteiger partial charge in [0, 0.05) is 22.2 Å². The Kier molecular flexibility index (Phi) is 7.42. The fourth-order valence-electron chi connectivity index (χ4n) is 6.67. The SMILES string of the molecule is C=CC(=O)Nc1cccc(-c2cnc3c(n2)c(-c2cc4ccc(C)cc4[nH]2)nn3C(c2ccccc2)(c2ccccc2)c2ccccc2)c1. The van der Waals surface area contributed by atoms with Crippen LogP contribution < -0.4 is 5.32 Å². The van der Waals surface area contributed by atoms with Crippen molar-refractivity contribution >= 4 is 33.7 Å². The molecule has 1 amide bonds. The number of fused-ring (bicyclic) bond motifs is 2. The summed E-state index contributed by atoms with van der Waals surface area (Å²) < 4.78 is 2.03. The van der Waals surface area contributed by atoms with Gasteiger partial charge in [0.25, 0.3) is 0 Å². The molecule has 0 fully saturated rings. The van der Waals surface area contributed by atoms with Gasteiger partial charge in [-0.3, -0.25) is 4.79 Å². The number of aryl methyl sites for hydroxylation is 1. The Morgan fingerprint density at radius 2 is 1.45 bits per heavy atom. The van der Waals surface area contributed by atoms with Crippen LogP contribution in [0.15, 0.2) is 158 Å². The highest BCUT2D eigenvalue weighted by Gasteiger charge is 2.42. The third-order valence-corrected chi connectivity index (χ3v) is 8.91. The summed E-state index contributed by atoms with van der Waals surface area (Å²) in [5.41, 5.74) is 9.29. The molecule has 5 aromatic carbocycles. The predicted molar refractivity (Wildman–Crippen MR) is 196 cm³/mol. The van der Waals surface area contributed by atoms with Crippen LogP contribution in [0.25, 0.3) is 44.7 Å². The van der Waals surface area contributed by atoms with Crippen LogP contribution >= 0.6 is 0 Å². The van der Waals surface area contributed by atoms with Gasteiger partial charge in [0.05, 0.1) is 17.6 Å². The second-order valence-electron chi connectivity index (χ2n) is 12.0. The van der Waals surface area contributed by atoms with E-state index in [4.69, 9.17) is 15.1 Å². The van der Waals surface area contributed by atoms with Crippen LogP contribution in [0.2, 0.25) is 0 Å². The van der Waals surface area contributed by atoms with E-state index >= 15 is 0 Å². The van der Waals surface area contributed by atoms with E-state index in [1.165, 1.54) is 6.08 Å². The summed E-state index contributed by atoms with van der Waals surface area (Å²) in [4.78, 5) is 26.1. The van der Waals surface area contributed by atoms with Crippen molar-refractivity contribution < 1.29 is 4.79 Å². The van der Waals surface area contributed by atoms with Gasteiger partial charge in [0.15, 0.2) is 5.65 Å². The maximum atomic E-state index is 12.1. The van der Waals surface area contributed by atoms with Crippen molar-refractivity contribution in [3.8, 4) is 22.6 Å². The molecular formula is C42H32N6O. The molecule has 236 valence electrons. The van der Waals surface area contributed by atoms with Gasteiger partial charge in [-0.15, -0.1) is 0 Å². The number of amides is 1. The van der Waals surface area contributed by atoms with Crippen molar-refractivity contribution in [3.05, 3.63) is 181 Å². The Hall–Kier alpha value is -6.60. The number of aromatic amines is 1. The highest BCUT2D eigenvalue weighted by molar-refractivity contribution is 5.99. The average Bonchev–Trinajstić information content (AvgIpc) is 3.75. The van der Waals surface area contributed by atoms with Crippen molar-refractivity contribution in [1.82, 2.24) is 24.7 Å². The molecule has 3 heterocycles. The number of rotatable bonds is 8. The largest absolute Gasteiger partial charge is 0.353 e. The van der Waals surface area contributed by atoms with Crippen LogP contribution in [0.3, 0.4) is 0 Å². The van der Waals surface area contributed by atoms with E-state index in [1.54, 1.807) is 6.20 Å². The minimum atomic E-state index is -0.895. The zero-order valence-corrected chi connectivity index (χ0v) is 26.8. The summed E-state index contributed by atoms with van der Waals surface area (Å²) >= 11 is 0. The normalized spacial score (nSPS) is 11.5. The molecule has 0 unspecified atom stereocenters. The number of aromatic nitrogens is 5. The Labute approximate surface area is 283 Å². The van der Waals surface area contributed by atoms with Crippen molar-refractivity contribution in [2.75, 3.05) is 5.32 Å². The molecule has 8 aromatic rings. The smallest absolute Gasteiger partial charge is 0.247 e. The van der Waals surface area contributed by atoms with E-state index in [1.807, 2.05) is 47.1 Å². The quantitative estimate of drug-likeness (QED) is 0.129. The summed E-state index contributed by atoms with van der Waals surface area (Å²) in [7, 11) is 0.